The summed E-state index contributed by atoms with van der Waals surface area (Å²) < 4.78 is 26.8. The highest BCUT2D eigenvalue weighted by atomic mass is 32.2. The van der Waals surface area contributed by atoms with E-state index in [1.165, 1.54) is 18.5 Å². The number of aromatic nitrogens is 1. The topological polar surface area (TPSA) is 79.3 Å². The first-order chi connectivity index (χ1) is 9.53. The molecule has 2 atom stereocenters. The Morgan fingerprint density at radius 3 is 2.90 bits per heavy atom. The van der Waals surface area contributed by atoms with Crippen LogP contribution in [0, 0.1) is 23.7 Å². The zero-order chi connectivity index (χ0) is 14.6. The number of aliphatic hydroxyl groups excluding tert-OH is 1. The molecule has 2 N–H and O–H groups in total. The lowest BCUT2D eigenvalue weighted by Crippen LogP contribution is -2.26. The van der Waals surface area contributed by atoms with E-state index < -0.39 is 10.0 Å². The summed E-state index contributed by atoms with van der Waals surface area (Å²) in [6, 6.07) is 1.50. The summed E-state index contributed by atoms with van der Waals surface area (Å²) in [4.78, 5) is 4.03. The SMILES string of the molecule is CC1CC1CNS(=O)(=O)c1cncc(C#CCCO)c1. The van der Waals surface area contributed by atoms with E-state index in [9.17, 15) is 8.42 Å². The van der Waals surface area contributed by atoms with E-state index in [2.05, 4.69) is 28.5 Å². The molecule has 0 aromatic carbocycles. The smallest absolute Gasteiger partial charge is 0.242 e. The van der Waals surface area contributed by atoms with Crippen molar-refractivity contribution >= 4 is 10.0 Å². The molecule has 1 aliphatic rings. The largest absolute Gasteiger partial charge is 0.395 e. The van der Waals surface area contributed by atoms with Gasteiger partial charge in [-0.15, -0.1) is 0 Å². The summed E-state index contributed by atoms with van der Waals surface area (Å²) >= 11 is 0. The van der Waals surface area contributed by atoms with Crippen molar-refractivity contribution in [3.63, 3.8) is 0 Å². The van der Waals surface area contributed by atoms with E-state index in [-0.39, 0.29) is 11.5 Å². The van der Waals surface area contributed by atoms with E-state index in [0.717, 1.165) is 6.42 Å². The molecule has 0 bridgehead atoms. The van der Waals surface area contributed by atoms with Crippen molar-refractivity contribution in [2.75, 3.05) is 13.2 Å². The van der Waals surface area contributed by atoms with Gasteiger partial charge in [0.1, 0.15) is 4.90 Å². The third-order valence-electron chi connectivity index (χ3n) is 3.30. The lowest BCUT2D eigenvalue weighted by atomic mass is 10.3. The summed E-state index contributed by atoms with van der Waals surface area (Å²) in [7, 11) is -3.52. The number of hydrogen-bond donors (Lipinski definition) is 2. The molecule has 1 fully saturated rings. The molecule has 0 amide bonds. The maximum absolute atomic E-state index is 12.1. The van der Waals surface area contributed by atoms with Crippen molar-refractivity contribution in [3.8, 4) is 11.8 Å². The van der Waals surface area contributed by atoms with Crippen LogP contribution in [0.25, 0.3) is 0 Å². The maximum Gasteiger partial charge on any atom is 0.242 e. The van der Waals surface area contributed by atoms with Gasteiger partial charge < -0.3 is 5.11 Å². The first-order valence-electron chi connectivity index (χ1n) is 6.57. The van der Waals surface area contributed by atoms with Crippen LogP contribution < -0.4 is 4.72 Å². The molecule has 0 aliphatic heterocycles. The Balaban J connectivity index is 2.07. The first kappa shape index (κ1) is 15.0. The quantitative estimate of drug-likeness (QED) is 0.785. The van der Waals surface area contributed by atoms with Gasteiger partial charge in [-0.2, -0.15) is 0 Å². The third kappa shape index (κ3) is 4.04. The molecule has 2 rings (SSSR count). The van der Waals surface area contributed by atoms with Crippen LogP contribution in [0.2, 0.25) is 0 Å². The Labute approximate surface area is 119 Å². The van der Waals surface area contributed by atoms with Crippen molar-refractivity contribution in [2.24, 2.45) is 11.8 Å². The minimum absolute atomic E-state index is 0.0143. The van der Waals surface area contributed by atoms with Gasteiger partial charge in [-0.05, 0) is 24.3 Å². The van der Waals surface area contributed by atoms with Crippen LogP contribution in [0.5, 0.6) is 0 Å². The van der Waals surface area contributed by atoms with Crippen LogP contribution in [0.1, 0.15) is 25.3 Å². The molecule has 1 aromatic rings. The van der Waals surface area contributed by atoms with Crippen LogP contribution >= 0.6 is 0 Å². The van der Waals surface area contributed by atoms with Crippen molar-refractivity contribution in [1.82, 2.24) is 9.71 Å². The van der Waals surface area contributed by atoms with Crippen LogP contribution in [-0.2, 0) is 10.0 Å². The summed E-state index contributed by atoms with van der Waals surface area (Å²) in [5, 5.41) is 8.65. The Morgan fingerprint density at radius 1 is 1.50 bits per heavy atom. The first-order valence-corrected chi connectivity index (χ1v) is 8.05. The van der Waals surface area contributed by atoms with Gasteiger partial charge in [-0.3, -0.25) is 4.98 Å². The van der Waals surface area contributed by atoms with E-state index in [1.807, 2.05) is 0 Å². The van der Waals surface area contributed by atoms with Gasteiger partial charge in [-0.1, -0.05) is 18.8 Å². The zero-order valence-electron chi connectivity index (χ0n) is 11.3. The fourth-order valence-corrected chi connectivity index (χ4v) is 2.92. The second-order valence-electron chi connectivity index (χ2n) is 5.01. The molecule has 0 spiro atoms. The minimum Gasteiger partial charge on any atom is -0.395 e. The van der Waals surface area contributed by atoms with Crippen molar-refractivity contribution < 1.29 is 13.5 Å². The van der Waals surface area contributed by atoms with E-state index in [4.69, 9.17) is 5.11 Å². The molecule has 1 saturated carbocycles. The van der Waals surface area contributed by atoms with E-state index in [1.54, 1.807) is 0 Å². The average Bonchev–Trinajstić information content (AvgIpc) is 3.13. The summed E-state index contributed by atoms with van der Waals surface area (Å²) in [5.74, 6) is 6.57. The van der Waals surface area contributed by atoms with E-state index in [0.29, 0.717) is 30.4 Å². The Kier molecular flexibility index (Phi) is 4.76. The molecule has 1 aliphatic carbocycles. The Morgan fingerprint density at radius 2 is 2.25 bits per heavy atom. The van der Waals surface area contributed by atoms with Crippen LogP contribution in [0.3, 0.4) is 0 Å². The molecule has 0 saturated heterocycles. The highest BCUT2D eigenvalue weighted by Crippen LogP contribution is 2.37. The molecule has 0 radical (unpaired) electrons. The molecular formula is C14H18N2O3S. The number of rotatable bonds is 5. The lowest BCUT2D eigenvalue weighted by molar-refractivity contribution is 0.305. The highest BCUT2D eigenvalue weighted by molar-refractivity contribution is 7.89. The monoisotopic (exact) mass is 294 g/mol. The Bertz CT molecular complexity index is 631. The number of pyridine rings is 1. The van der Waals surface area contributed by atoms with Crippen LogP contribution in [-0.4, -0.2) is 31.7 Å². The van der Waals surface area contributed by atoms with Gasteiger partial charge in [0.25, 0.3) is 0 Å². The van der Waals surface area contributed by atoms with Crippen LogP contribution in [0.4, 0.5) is 0 Å². The number of hydrogen-bond acceptors (Lipinski definition) is 4. The highest BCUT2D eigenvalue weighted by Gasteiger charge is 2.33. The molecular weight excluding hydrogens is 276 g/mol. The number of nitrogens with one attached hydrogen (secondary N) is 1. The fourth-order valence-electron chi connectivity index (χ4n) is 1.84. The van der Waals surface area contributed by atoms with E-state index >= 15 is 0 Å². The lowest BCUT2D eigenvalue weighted by Gasteiger charge is -2.06. The normalized spacial score (nSPS) is 21.1. The predicted octanol–water partition coefficient (Wildman–Crippen LogP) is 0.750. The average molecular weight is 294 g/mol. The minimum atomic E-state index is -3.52. The third-order valence-corrected chi connectivity index (χ3v) is 4.70. The van der Waals surface area contributed by atoms with Gasteiger partial charge in [0.15, 0.2) is 0 Å². The van der Waals surface area contributed by atoms with Gasteiger partial charge in [0.2, 0.25) is 10.0 Å². The molecule has 1 aromatic heterocycles. The number of nitrogens with zero attached hydrogens (tertiary/aromatic N) is 1. The molecule has 5 nitrogen and oxygen atoms in total. The molecule has 2 unspecified atom stereocenters. The molecule has 1 heterocycles. The maximum atomic E-state index is 12.1. The van der Waals surface area contributed by atoms with Crippen LogP contribution in [0.15, 0.2) is 23.4 Å². The summed E-state index contributed by atoms with van der Waals surface area (Å²) in [6.07, 6.45) is 4.25. The molecule has 20 heavy (non-hydrogen) atoms. The van der Waals surface area contributed by atoms with Gasteiger partial charge in [-0.25, -0.2) is 13.1 Å². The van der Waals surface area contributed by atoms with Crippen molar-refractivity contribution in [1.29, 1.82) is 0 Å². The molecule has 108 valence electrons. The zero-order valence-corrected chi connectivity index (χ0v) is 12.2. The fraction of sp³-hybridized carbons (Fsp3) is 0.500. The predicted molar refractivity (Wildman–Crippen MR) is 75.3 cm³/mol. The summed E-state index contributed by atoms with van der Waals surface area (Å²) in [6.45, 7) is 2.57. The number of sulfonamides is 1. The molecule has 6 heteroatoms. The standard InChI is InChI=1S/C14H18N2O3S/c1-11-6-13(11)9-16-20(18,19)14-7-12(8-15-10-14)4-2-3-5-17/h7-8,10-11,13,16-17H,3,5-6,9H2,1H3. The van der Waals surface area contributed by atoms with Gasteiger partial charge in [0, 0.05) is 30.9 Å². The van der Waals surface area contributed by atoms with Gasteiger partial charge in [0.05, 0.1) is 6.61 Å². The second kappa shape index (κ2) is 6.35. The van der Waals surface area contributed by atoms with Crippen molar-refractivity contribution in [3.05, 3.63) is 24.0 Å². The van der Waals surface area contributed by atoms with Crippen molar-refractivity contribution in [2.45, 2.75) is 24.7 Å². The van der Waals surface area contributed by atoms with Gasteiger partial charge >= 0.3 is 0 Å². The second-order valence-corrected chi connectivity index (χ2v) is 6.78. The summed E-state index contributed by atoms with van der Waals surface area (Å²) in [5.41, 5.74) is 0.529. The Hall–Kier alpha value is -1.42. The number of aliphatic hydroxyl groups is 1.